The lowest BCUT2D eigenvalue weighted by atomic mass is 10.2. The number of ether oxygens (including phenoxy) is 1. The Morgan fingerprint density at radius 2 is 2.14 bits per heavy atom. The number of hydrogen-bond donors (Lipinski definition) is 1. The van der Waals surface area contributed by atoms with Crippen molar-refractivity contribution < 1.29 is 19.1 Å². The molecule has 0 aromatic heterocycles. The molecule has 0 radical (unpaired) electrons. The lowest BCUT2D eigenvalue weighted by molar-refractivity contribution is -0.136. The molecule has 6 nitrogen and oxygen atoms in total. The topological polar surface area (TPSA) is 75.7 Å². The molecule has 0 bridgehead atoms. The van der Waals surface area contributed by atoms with Crippen LogP contribution in [0.4, 0.5) is 4.79 Å². The average Bonchev–Trinajstić information content (AvgIpc) is 3.01. The van der Waals surface area contributed by atoms with Crippen LogP contribution in [-0.4, -0.2) is 41.8 Å². The minimum absolute atomic E-state index is 0.147. The molecule has 2 rings (SSSR count). The van der Waals surface area contributed by atoms with Gasteiger partial charge in [0, 0.05) is 6.54 Å². The highest BCUT2D eigenvalue weighted by atomic mass is 16.5. The van der Waals surface area contributed by atoms with Crippen LogP contribution < -0.4 is 5.32 Å². The van der Waals surface area contributed by atoms with Crippen molar-refractivity contribution in [3.05, 3.63) is 35.9 Å². The molecular formula is C16H20N2O4. The van der Waals surface area contributed by atoms with Crippen LogP contribution in [0.25, 0.3) is 0 Å². The van der Waals surface area contributed by atoms with Crippen LogP contribution in [0.1, 0.15) is 25.3 Å². The van der Waals surface area contributed by atoms with Crippen LogP contribution in [0.5, 0.6) is 0 Å². The van der Waals surface area contributed by atoms with E-state index in [-0.39, 0.29) is 18.6 Å². The largest absolute Gasteiger partial charge is 0.445 e. The maximum absolute atomic E-state index is 12.2. The first-order valence-corrected chi connectivity index (χ1v) is 7.35. The number of likely N-dealkylation sites (tertiary alicyclic amines) is 1. The molecule has 1 fully saturated rings. The Hall–Kier alpha value is -2.37. The summed E-state index contributed by atoms with van der Waals surface area (Å²) in [7, 11) is 0. The average molecular weight is 304 g/mol. The summed E-state index contributed by atoms with van der Waals surface area (Å²) in [6.45, 7) is 2.29. The van der Waals surface area contributed by atoms with E-state index in [1.54, 1.807) is 6.92 Å². The normalized spacial score (nSPS) is 18.6. The molecule has 1 aromatic rings. The number of carbonyl (C=O) groups excluding carboxylic acids is 3. The quantitative estimate of drug-likeness (QED) is 0.836. The summed E-state index contributed by atoms with van der Waals surface area (Å²) in [5.74, 6) is -0.258. The number of carbonyl (C=O) groups is 3. The van der Waals surface area contributed by atoms with E-state index in [0.29, 0.717) is 13.0 Å². The molecule has 1 heterocycles. The van der Waals surface area contributed by atoms with E-state index in [1.165, 1.54) is 4.90 Å². The molecule has 2 amide bonds. The SMILES string of the molecule is CC(NC(=O)OCc1ccccc1)C(=O)N1CCCC1C=O. The molecule has 1 aliphatic heterocycles. The molecular weight excluding hydrogens is 284 g/mol. The van der Waals surface area contributed by atoms with Crippen LogP contribution in [-0.2, 0) is 20.9 Å². The van der Waals surface area contributed by atoms with Gasteiger partial charge in [-0.2, -0.15) is 0 Å². The number of hydrogen-bond acceptors (Lipinski definition) is 4. The van der Waals surface area contributed by atoms with Gasteiger partial charge in [-0.05, 0) is 25.3 Å². The molecule has 0 spiro atoms. The molecule has 0 saturated carbocycles. The van der Waals surface area contributed by atoms with E-state index >= 15 is 0 Å². The number of nitrogens with zero attached hydrogens (tertiary/aromatic N) is 1. The van der Waals surface area contributed by atoms with E-state index in [0.717, 1.165) is 18.3 Å². The fraction of sp³-hybridized carbons (Fsp3) is 0.438. The molecule has 118 valence electrons. The van der Waals surface area contributed by atoms with Gasteiger partial charge in [0.1, 0.15) is 18.9 Å². The van der Waals surface area contributed by atoms with Gasteiger partial charge in [-0.3, -0.25) is 4.79 Å². The predicted molar refractivity (Wildman–Crippen MR) is 80.0 cm³/mol. The van der Waals surface area contributed by atoms with E-state index in [4.69, 9.17) is 4.74 Å². The van der Waals surface area contributed by atoms with Crippen molar-refractivity contribution in [3.63, 3.8) is 0 Å². The van der Waals surface area contributed by atoms with Crippen LogP contribution in [0.3, 0.4) is 0 Å². The van der Waals surface area contributed by atoms with Crippen molar-refractivity contribution in [1.29, 1.82) is 0 Å². The van der Waals surface area contributed by atoms with E-state index in [2.05, 4.69) is 5.32 Å². The lowest BCUT2D eigenvalue weighted by Gasteiger charge is -2.24. The third-order valence-electron chi connectivity index (χ3n) is 3.66. The first-order valence-electron chi connectivity index (χ1n) is 7.35. The van der Waals surface area contributed by atoms with Crippen molar-refractivity contribution in [3.8, 4) is 0 Å². The minimum atomic E-state index is -0.719. The molecule has 1 saturated heterocycles. The van der Waals surface area contributed by atoms with Crippen LogP contribution >= 0.6 is 0 Å². The summed E-state index contributed by atoms with van der Waals surface area (Å²) in [6, 6.07) is 8.19. The van der Waals surface area contributed by atoms with Gasteiger partial charge >= 0.3 is 6.09 Å². The standard InChI is InChI=1S/C16H20N2O4/c1-12(15(20)18-9-5-8-14(18)10-19)17-16(21)22-11-13-6-3-2-4-7-13/h2-4,6-7,10,12,14H,5,8-9,11H2,1H3,(H,17,21). The Morgan fingerprint density at radius 3 is 2.82 bits per heavy atom. The third-order valence-corrected chi connectivity index (χ3v) is 3.66. The molecule has 6 heteroatoms. The predicted octanol–water partition coefficient (Wildman–Crippen LogP) is 1.49. The van der Waals surface area contributed by atoms with Gasteiger partial charge < -0.3 is 19.7 Å². The fourth-order valence-corrected chi connectivity index (χ4v) is 2.46. The highest BCUT2D eigenvalue weighted by Gasteiger charge is 2.31. The molecule has 0 aliphatic carbocycles. The summed E-state index contributed by atoms with van der Waals surface area (Å²) in [4.78, 5) is 36.4. The zero-order chi connectivity index (χ0) is 15.9. The van der Waals surface area contributed by atoms with Gasteiger partial charge in [0.15, 0.2) is 0 Å². The number of aldehydes is 1. The summed E-state index contributed by atoms with van der Waals surface area (Å²) < 4.78 is 5.07. The fourth-order valence-electron chi connectivity index (χ4n) is 2.46. The van der Waals surface area contributed by atoms with Crippen molar-refractivity contribution in [2.24, 2.45) is 0 Å². The molecule has 1 aromatic carbocycles. The van der Waals surface area contributed by atoms with Crippen molar-refractivity contribution in [2.75, 3.05) is 6.54 Å². The van der Waals surface area contributed by atoms with E-state index < -0.39 is 12.1 Å². The highest BCUT2D eigenvalue weighted by molar-refractivity contribution is 5.87. The summed E-state index contributed by atoms with van der Waals surface area (Å²) in [6.07, 6.45) is 1.62. The summed E-state index contributed by atoms with van der Waals surface area (Å²) >= 11 is 0. The Bertz CT molecular complexity index is 532. The first kappa shape index (κ1) is 16.0. The maximum Gasteiger partial charge on any atom is 0.408 e. The van der Waals surface area contributed by atoms with Gasteiger partial charge in [0.25, 0.3) is 0 Å². The van der Waals surface area contributed by atoms with E-state index in [9.17, 15) is 14.4 Å². The number of nitrogens with one attached hydrogen (secondary N) is 1. The van der Waals surface area contributed by atoms with Crippen molar-refractivity contribution >= 4 is 18.3 Å². The lowest BCUT2D eigenvalue weighted by Crippen LogP contribution is -2.49. The molecule has 2 unspecified atom stereocenters. The van der Waals surface area contributed by atoms with Gasteiger partial charge in [0.2, 0.25) is 5.91 Å². The molecule has 1 aliphatic rings. The number of rotatable bonds is 5. The van der Waals surface area contributed by atoms with Crippen LogP contribution in [0.2, 0.25) is 0 Å². The number of benzene rings is 1. The Balaban J connectivity index is 1.80. The zero-order valence-corrected chi connectivity index (χ0v) is 12.5. The van der Waals surface area contributed by atoms with E-state index in [1.807, 2.05) is 30.3 Å². The molecule has 1 N–H and O–H groups in total. The van der Waals surface area contributed by atoms with Crippen molar-refractivity contribution in [2.45, 2.75) is 38.5 Å². The van der Waals surface area contributed by atoms with Crippen LogP contribution in [0, 0.1) is 0 Å². The second-order valence-corrected chi connectivity index (χ2v) is 5.31. The Labute approximate surface area is 129 Å². The second kappa shape index (κ2) is 7.59. The summed E-state index contributed by atoms with van der Waals surface area (Å²) in [5.41, 5.74) is 0.872. The molecule has 2 atom stereocenters. The van der Waals surface area contributed by atoms with Gasteiger partial charge in [-0.1, -0.05) is 30.3 Å². The third kappa shape index (κ3) is 4.07. The highest BCUT2D eigenvalue weighted by Crippen LogP contribution is 2.16. The van der Waals surface area contributed by atoms with Crippen molar-refractivity contribution in [1.82, 2.24) is 10.2 Å². The number of alkyl carbamates (subject to hydrolysis) is 1. The minimum Gasteiger partial charge on any atom is -0.445 e. The monoisotopic (exact) mass is 304 g/mol. The maximum atomic E-state index is 12.2. The first-order chi connectivity index (χ1) is 10.6. The Morgan fingerprint density at radius 1 is 1.41 bits per heavy atom. The Kier molecular flexibility index (Phi) is 5.52. The van der Waals surface area contributed by atoms with Gasteiger partial charge in [-0.25, -0.2) is 4.79 Å². The van der Waals surface area contributed by atoms with Gasteiger partial charge in [0.05, 0.1) is 6.04 Å². The smallest absolute Gasteiger partial charge is 0.408 e. The zero-order valence-electron chi connectivity index (χ0n) is 12.5. The second-order valence-electron chi connectivity index (χ2n) is 5.31. The van der Waals surface area contributed by atoms with Gasteiger partial charge in [-0.15, -0.1) is 0 Å². The molecule has 22 heavy (non-hydrogen) atoms. The van der Waals surface area contributed by atoms with Crippen LogP contribution in [0.15, 0.2) is 30.3 Å². The number of amides is 2. The summed E-state index contributed by atoms with van der Waals surface area (Å²) in [5, 5.41) is 2.50.